The van der Waals surface area contributed by atoms with Crippen molar-refractivity contribution in [2.45, 2.75) is 26.3 Å². The molecule has 1 aromatic heterocycles. The van der Waals surface area contributed by atoms with E-state index in [-0.39, 0.29) is 18.5 Å². The van der Waals surface area contributed by atoms with Crippen LogP contribution in [0, 0.1) is 0 Å². The number of unbranched alkanes of at least 4 members (excludes halogenated alkanes) is 1. The van der Waals surface area contributed by atoms with E-state index in [1.807, 2.05) is 18.2 Å². The lowest BCUT2D eigenvalue weighted by Gasteiger charge is -2.23. The highest BCUT2D eigenvalue weighted by Gasteiger charge is 2.15. The predicted molar refractivity (Wildman–Crippen MR) is 81.6 cm³/mol. The third kappa shape index (κ3) is 6.25. The van der Waals surface area contributed by atoms with E-state index in [2.05, 4.69) is 17.2 Å². The van der Waals surface area contributed by atoms with Crippen LogP contribution in [-0.4, -0.2) is 53.9 Å². The Morgan fingerprint density at radius 1 is 1.29 bits per heavy atom. The van der Waals surface area contributed by atoms with Crippen molar-refractivity contribution >= 4 is 11.9 Å². The molecular formula is C15H24N4O2. The van der Waals surface area contributed by atoms with Crippen LogP contribution in [0.5, 0.6) is 0 Å². The van der Waals surface area contributed by atoms with Gasteiger partial charge in [-0.2, -0.15) is 0 Å². The minimum absolute atomic E-state index is 0.0106. The average Bonchev–Trinajstić information content (AvgIpc) is 2.49. The summed E-state index contributed by atoms with van der Waals surface area (Å²) in [6.45, 7) is 3.18. The molecule has 0 aliphatic rings. The molecule has 21 heavy (non-hydrogen) atoms. The van der Waals surface area contributed by atoms with Crippen LogP contribution in [0.1, 0.15) is 25.5 Å². The largest absolute Gasteiger partial charge is 0.347 e. The number of nitrogens with one attached hydrogen (secondary N) is 1. The van der Waals surface area contributed by atoms with Crippen LogP contribution in [0.4, 0.5) is 4.79 Å². The number of urea groups is 1. The standard InChI is InChI=1S/C15H24N4O2/c1-4-5-10-19(12-13-8-6-7-9-16-13)15(21)17-11-14(20)18(2)3/h6-9H,4-5,10-12H2,1-3H3,(H,17,21). The first kappa shape index (κ1) is 16.9. The van der Waals surface area contributed by atoms with Gasteiger partial charge in [0.15, 0.2) is 0 Å². The summed E-state index contributed by atoms with van der Waals surface area (Å²) in [5, 5.41) is 2.66. The molecule has 1 N–H and O–H groups in total. The first-order chi connectivity index (χ1) is 10.0. The Labute approximate surface area is 126 Å². The lowest BCUT2D eigenvalue weighted by molar-refractivity contribution is -0.127. The summed E-state index contributed by atoms with van der Waals surface area (Å²) in [5.41, 5.74) is 0.836. The summed E-state index contributed by atoms with van der Waals surface area (Å²) < 4.78 is 0. The van der Waals surface area contributed by atoms with E-state index in [9.17, 15) is 9.59 Å². The first-order valence-corrected chi connectivity index (χ1v) is 7.17. The molecule has 0 aliphatic heterocycles. The normalized spacial score (nSPS) is 10.0. The van der Waals surface area contributed by atoms with Gasteiger partial charge >= 0.3 is 6.03 Å². The summed E-state index contributed by atoms with van der Waals surface area (Å²) in [6, 6.07) is 5.39. The summed E-state index contributed by atoms with van der Waals surface area (Å²) in [5.74, 6) is -0.128. The van der Waals surface area contributed by atoms with Gasteiger partial charge in [-0.05, 0) is 18.6 Å². The fourth-order valence-electron chi connectivity index (χ4n) is 1.71. The Bertz CT molecular complexity index is 448. The maximum atomic E-state index is 12.2. The van der Waals surface area contributed by atoms with Crippen molar-refractivity contribution in [3.63, 3.8) is 0 Å². The molecular weight excluding hydrogens is 268 g/mol. The lowest BCUT2D eigenvalue weighted by atomic mass is 10.3. The minimum Gasteiger partial charge on any atom is -0.347 e. The second-order valence-corrected chi connectivity index (χ2v) is 5.04. The van der Waals surface area contributed by atoms with Gasteiger partial charge in [0.05, 0.1) is 18.8 Å². The summed E-state index contributed by atoms with van der Waals surface area (Å²) in [6.07, 6.45) is 3.63. The van der Waals surface area contributed by atoms with E-state index in [0.717, 1.165) is 18.5 Å². The molecule has 0 radical (unpaired) electrons. The van der Waals surface area contributed by atoms with Crippen molar-refractivity contribution in [2.75, 3.05) is 27.2 Å². The van der Waals surface area contributed by atoms with Crippen LogP contribution in [0.15, 0.2) is 24.4 Å². The summed E-state index contributed by atoms with van der Waals surface area (Å²) in [7, 11) is 3.33. The number of hydrogen-bond acceptors (Lipinski definition) is 3. The number of likely N-dealkylation sites (N-methyl/N-ethyl adjacent to an activating group) is 1. The maximum Gasteiger partial charge on any atom is 0.318 e. The number of rotatable bonds is 7. The van der Waals surface area contributed by atoms with Gasteiger partial charge in [-0.1, -0.05) is 19.4 Å². The average molecular weight is 292 g/mol. The number of carbonyl (C=O) groups excluding carboxylic acids is 2. The Morgan fingerprint density at radius 3 is 2.62 bits per heavy atom. The van der Waals surface area contributed by atoms with Crippen LogP contribution in [0.3, 0.4) is 0 Å². The maximum absolute atomic E-state index is 12.2. The van der Waals surface area contributed by atoms with Crippen molar-refractivity contribution in [1.82, 2.24) is 20.1 Å². The van der Waals surface area contributed by atoms with Crippen molar-refractivity contribution < 1.29 is 9.59 Å². The Kier molecular flexibility index (Phi) is 7.21. The number of hydrogen-bond donors (Lipinski definition) is 1. The number of amides is 3. The van der Waals surface area contributed by atoms with Gasteiger partial charge in [0.1, 0.15) is 0 Å². The SMILES string of the molecule is CCCCN(Cc1ccccn1)C(=O)NCC(=O)N(C)C. The van der Waals surface area contributed by atoms with Gasteiger partial charge in [-0.25, -0.2) is 4.79 Å². The second kappa shape index (κ2) is 8.94. The molecule has 0 bridgehead atoms. The van der Waals surface area contributed by atoms with Crippen LogP contribution < -0.4 is 5.32 Å². The third-order valence-corrected chi connectivity index (χ3v) is 3.04. The Morgan fingerprint density at radius 2 is 2.05 bits per heavy atom. The quantitative estimate of drug-likeness (QED) is 0.828. The number of aromatic nitrogens is 1. The molecule has 0 unspecified atom stereocenters. The zero-order chi connectivity index (χ0) is 15.7. The van der Waals surface area contributed by atoms with Gasteiger partial charge < -0.3 is 15.1 Å². The molecule has 0 saturated carbocycles. The summed E-state index contributed by atoms with van der Waals surface area (Å²) >= 11 is 0. The van der Waals surface area contributed by atoms with Crippen molar-refractivity contribution in [3.05, 3.63) is 30.1 Å². The van der Waals surface area contributed by atoms with Crippen LogP contribution in [-0.2, 0) is 11.3 Å². The molecule has 1 rings (SSSR count). The smallest absolute Gasteiger partial charge is 0.318 e. The van der Waals surface area contributed by atoms with Gasteiger partial charge in [0, 0.05) is 26.8 Å². The highest BCUT2D eigenvalue weighted by molar-refractivity contribution is 5.83. The fraction of sp³-hybridized carbons (Fsp3) is 0.533. The van der Waals surface area contributed by atoms with Crippen LogP contribution in [0.2, 0.25) is 0 Å². The van der Waals surface area contributed by atoms with Crippen molar-refractivity contribution in [1.29, 1.82) is 0 Å². The van der Waals surface area contributed by atoms with Crippen LogP contribution >= 0.6 is 0 Å². The van der Waals surface area contributed by atoms with E-state index in [0.29, 0.717) is 13.1 Å². The monoisotopic (exact) mass is 292 g/mol. The first-order valence-electron chi connectivity index (χ1n) is 7.17. The number of nitrogens with zero attached hydrogens (tertiary/aromatic N) is 3. The van der Waals surface area contributed by atoms with E-state index >= 15 is 0 Å². The van der Waals surface area contributed by atoms with Gasteiger partial charge in [0.25, 0.3) is 0 Å². The molecule has 0 fully saturated rings. The van der Waals surface area contributed by atoms with E-state index < -0.39 is 0 Å². The Balaban J connectivity index is 2.59. The summed E-state index contributed by atoms with van der Waals surface area (Å²) in [4.78, 5) is 31.1. The van der Waals surface area contributed by atoms with E-state index in [1.54, 1.807) is 25.2 Å². The molecule has 0 aliphatic carbocycles. The molecule has 1 heterocycles. The molecule has 0 atom stereocenters. The molecule has 0 saturated heterocycles. The predicted octanol–water partition coefficient (Wildman–Crippen LogP) is 1.48. The van der Waals surface area contributed by atoms with Crippen LogP contribution in [0.25, 0.3) is 0 Å². The lowest BCUT2D eigenvalue weighted by Crippen LogP contribution is -2.44. The molecule has 1 aromatic rings. The van der Waals surface area contributed by atoms with Crippen molar-refractivity contribution in [2.24, 2.45) is 0 Å². The highest BCUT2D eigenvalue weighted by atomic mass is 16.2. The van der Waals surface area contributed by atoms with Crippen molar-refractivity contribution in [3.8, 4) is 0 Å². The number of pyridine rings is 1. The number of carbonyl (C=O) groups is 2. The van der Waals surface area contributed by atoms with Gasteiger partial charge in [0.2, 0.25) is 5.91 Å². The minimum atomic E-state index is -0.232. The van der Waals surface area contributed by atoms with Gasteiger partial charge in [-0.15, -0.1) is 0 Å². The topological polar surface area (TPSA) is 65.5 Å². The van der Waals surface area contributed by atoms with E-state index in [4.69, 9.17) is 0 Å². The zero-order valence-corrected chi connectivity index (χ0v) is 13.0. The van der Waals surface area contributed by atoms with Gasteiger partial charge in [-0.3, -0.25) is 9.78 Å². The molecule has 0 spiro atoms. The molecule has 6 nitrogen and oxygen atoms in total. The fourth-order valence-corrected chi connectivity index (χ4v) is 1.71. The molecule has 6 heteroatoms. The Hall–Kier alpha value is -2.11. The second-order valence-electron chi connectivity index (χ2n) is 5.04. The molecule has 0 aromatic carbocycles. The molecule has 116 valence electrons. The highest BCUT2D eigenvalue weighted by Crippen LogP contribution is 2.04. The van der Waals surface area contributed by atoms with E-state index in [1.165, 1.54) is 4.90 Å². The molecule has 3 amide bonds. The third-order valence-electron chi connectivity index (χ3n) is 3.04. The zero-order valence-electron chi connectivity index (χ0n) is 13.0.